The zero-order chi connectivity index (χ0) is 20.5. The summed E-state index contributed by atoms with van der Waals surface area (Å²) in [7, 11) is 4.17. The normalized spacial score (nSPS) is 15.1. The van der Waals surface area contributed by atoms with Gasteiger partial charge in [-0.2, -0.15) is 8.78 Å². The summed E-state index contributed by atoms with van der Waals surface area (Å²) in [6, 6.07) is 5.54. The molecule has 2 rings (SSSR count). The second kappa shape index (κ2) is 13.0. The molecule has 0 saturated heterocycles. The Hall–Kier alpha value is -1.36. The van der Waals surface area contributed by atoms with Gasteiger partial charge in [-0.3, -0.25) is 0 Å². The van der Waals surface area contributed by atoms with Crippen molar-refractivity contribution >= 4 is 29.9 Å². The smallest absolute Gasteiger partial charge is 0.387 e. The van der Waals surface area contributed by atoms with Crippen molar-refractivity contribution in [1.29, 1.82) is 0 Å². The third kappa shape index (κ3) is 8.49. The number of guanidine groups is 1. The van der Waals surface area contributed by atoms with Gasteiger partial charge in [0.05, 0.1) is 13.2 Å². The summed E-state index contributed by atoms with van der Waals surface area (Å²) in [6.07, 6.45) is 2.52. The van der Waals surface area contributed by atoms with Gasteiger partial charge in [0.25, 0.3) is 0 Å². The van der Waals surface area contributed by atoms with Crippen LogP contribution in [0, 0.1) is 5.92 Å². The monoisotopic (exact) mass is 526 g/mol. The Morgan fingerprint density at radius 2 is 1.97 bits per heavy atom. The maximum absolute atomic E-state index is 12.9. The molecule has 1 atom stereocenters. The number of alkyl halides is 2. The Kier molecular flexibility index (Phi) is 11.6. The highest BCUT2D eigenvalue weighted by Crippen LogP contribution is 2.34. The molecule has 9 heteroatoms. The Morgan fingerprint density at radius 3 is 2.52 bits per heavy atom. The minimum atomic E-state index is -2.92. The maximum Gasteiger partial charge on any atom is 0.387 e. The minimum Gasteiger partial charge on any atom is -0.490 e. The molecule has 6 nitrogen and oxygen atoms in total. The lowest BCUT2D eigenvalue weighted by atomic mass is 10.1. The summed E-state index contributed by atoms with van der Waals surface area (Å²) in [6.45, 7) is 2.92. The van der Waals surface area contributed by atoms with Gasteiger partial charge in [0.15, 0.2) is 17.5 Å². The fraction of sp³-hybridized carbons (Fsp3) is 0.650. The van der Waals surface area contributed by atoms with Gasteiger partial charge in [-0.05, 0) is 52.8 Å². The fourth-order valence-electron chi connectivity index (χ4n) is 3.14. The summed E-state index contributed by atoms with van der Waals surface area (Å²) in [4.78, 5) is 6.79. The van der Waals surface area contributed by atoms with Gasteiger partial charge in [-0.25, -0.2) is 4.99 Å². The van der Waals surface area contributed by atoms with E-state index in [2.05, 4.69) is 34.6 Å². The van der Waals surface area contributed by atoms with E-state index in [0.29, 0.717) is 36.5 Å². The van der Waals surface area contributed by atoms with Crippen molar-refractivity contribution in [2.45, 2.75) is 45.9 Å². The SMILES string of the molecule is CCNC(=NCc1cccc(OCC)c1OC(F)F)NCC(C1CC1)N(C)C.I. The van der Waals surface area contributed by atoms with Crippen LogP contribution in [0.5, 0.6) is 11.5 Å². The zero-order valence-electron chi connectivity index (χ0n) is 17.6. The standard InChI is InChI=1S/C20H32F2N4O2.HI/c1-5-23-20(25-13-16(26(3)4)14-10-11-14)24-12-15-8-7-9-17(27-6-2)18(15)28-19(21)22;/h7-9,14,16,19H,5-6,10-13H2,1-4H3,(H2,23,24,25);1H. The number of benzene rings is 1. The summed E-state index contributed by atoms with van der Waals surface area (Å²) >= 11 is 0. The lowest BCUT2D eigenvalue weighted by Gasteiger charge is -2.25. The number of ether oxygens (including phenoxy) is 2. The van der Waals surface area contributed by atoms with Crippen molar-refractivity contribution in [1.82, 2.24) is 15.5 Å². The predicted molar refractivity (Wildman–Crippen MR) is 123 cm³/mol. The molecule has 0 aliphatic heterocycles. The average Bonchev–Trinajstić information content (AvgIpc) is 3.46. The lowest BCUT2D eigenvalue weighted by Crippen LogP contribution is -2.46. The highest BCUT2D eigenvalue weighted by Gasteiger charge is 2.32. The van der Waals surface area contributed by atoms with Crippen LogP contribution < -0.4 is 20.1 Å². The van der Waals surface area contributed by atoms with Crippen molar-refractivity contribution in [2.75, 3.05) is 33.8 Å². The Labute approximate surface area is 189 Å². The first kappa shape index (κ1) is 25.7. The van der Waals surface area contributed by atoms with Gasteiger partial charge >= 0.3 is 6.61 Å². The molecule has 1 saturated carbocycles. The van der Waals surface area contributed by atoms with E-state index in [1.807, 2.05) is 6.92 Å². The van der Waals surface area contributed by atoms with E-state index in [0.717, 1.165) is 12.5 Å². The van der Waals surface area contributed by atoms with Crippen LogP contribution in [0.3, 0.4) is 0 Å². The number of para-hydroxylation sites is 1. The molecule has 29 heavy (non-hydrogen) atoms. The van der Waals surface area contributed by atoms with Crippen molar-refractivity contribution in [2.24, 2.45) is 10.9 Å². The van der Waals surface area contributed by atoms with E-state index in [-0.39, 0.29) is 36.3 Å². The van der Waals surface area contributed by atoms with Gasteiger partial charge in [0.2, 0.25) is 0 Å². The van der Waals surface area contributed by atoms with Crippen LogP contribution in [0.15, 0.2) is 23.2 Å². The molecular weight excluding hydrogens is 493 g/mol. The molecule has 0 amide bonds. The third-order valence-electron chi connectivity index (χ3n) is 4.63. The van der Waals surface area contributed by atoms with Crippen LogP contribution in [-0.4, -0.2) is 57.3 Å². The Balaban J connectivity index is 0.00000420. The summed E-state index contributed by atoms with van der Waals surface area (Å²) in [5, 5.41) is 6.58. The first-order valence-corrected chi connectivity index (χ1v) is 9.84. The van der Waals surface area contributed by atoms with Gasteiger partial charge < -0.3 is 25.0 Å². The molecule has 1 aliphatic rings. The van der Waals surface area contributed by atoms with Gasteiger partial charge in [0.1, 0.15) is 0 Å². The van der Waals surface area contributed by atoms with Crippen molar-refractivity contribution in [3.05, 3.63) is 23.8 Å². The number of hydrogen-bond donors (Lipinski definition) is 2. The van der Waals surface area contributed by atoms with Crippen molar-refractivity contribution in [3.63, 3.8) is 0 Å². The first-order chi connectivity index (χ1) is 13.5. The van der Waals surface area contributed by atoms with E-state index in [9.17, 15) is 8.78 Å². The number of hydrogen-bond acceptors (Lipinski definition) is 4. The third-order valence-corrected chi connectivity index (χ3v) is 4.63. The van der Waals surface area contributed by atoms with E-state index in [1.165, 1.54) is 12.8 Å². The second-order valence-electron chi connectivity index (χ2n) is 7.00. The van der Waals surface area contributed by atoms with E-state index in [4.69, 9.17) is 9.47 Å². The molecule has 166 valence electrons. The van der Waals surface area contributed by atoms with Gasteiger partial charge in [0, 0.05) is 24.7 Å². The largest absolute Gasteiger partial charge is 0.490 e. The lowest BCUT2D eigenvalue weighted by molar-refractivity contribution is -0.0520. The Morgan fingerprint density at radius 1 is 1.24 bits per heavy atom. The minimum absolute atomic E-state index is 0. The summed E-state index contributed by atoms with van der Waals surface area (Å²) in [5.74, 6) is 1.72. The zero-order valence-corrected chi connectivity index (χ0v) is 19.9. The molecule has 1 fully saturated rings. The molecule has 0 bridgehead atoms. The number of halogens is 3. The molecule has 1 aliphatic carbocycles. The van der Waals surface area contributed by atoms with Crippen LogP contribution in [0.1, 0.15) is 32.3 Å². The van der Waals surface area contributed by atoms with E-state index in [1.54, 1.807) is 25.1 Å². The molecular formula is C20H33F2IN4O2. The number of nitrogens with zero attached hydrogens (tertiary/aromatic N) is 2. The quantitative estimate of drug-likeness (QED) is 0.262. The van der Waals surface area contributed by atoms with Gasteiger partial charge in [-0.15, -0.1) is 24.0 Å². The maximum atomic E-state index is 12.9. The molecule has 0 aromatic heterocycles. The molecule has 1 unspecified atom stereocenters. The van der Waals surface area contributed by atoms with Gasteiger partial charge in [-0.1, -0.05) is 12.1 Å². The second-order valence-corrected chi connectivity index (χ2v) is 7.00. The predicted octanol–water partition coefficient (Wildman–Crippen LogP) is 3.70. The summed E-state index contributed by atoms with van der Waals surface area (Å²) < 4.78 is 35.9. The Bertz CT molecular complexity index is 641. The number of nitrogens with one attached hydrogen (secondary N) is 2. The number of likely N-dealkylation sites (N-methyl/N-ethyl adjacent to an activating group) is 1. The van der Waals surface area contributed by atoms with Crippen LogP contribution in [-0.2, 0) is 6.54 Å². The molecule has 1 aromatic rings. The van der Waals surface area contributed by atoms with Crippen LogP contribution in [0.4, 0.5) is 8.78 Å². The highest BCUT2D eigenvalue weighted by atomic mass is 127. The topological polar surface area (TPSA) is 58.1 Å². The average molecular weight is 526 g/mol. The van der Waals surface area contributed by atoms with E-state index < -0.39 is 6.61 Å². The highest BCUT2D eigenvalue weighted by molar-refractivity contribution is 14.0. The fourth-order valence-corrected chi connectivity index (χ4v) is 3.14. The first-order valence-electron chi connectivity index (χ1n) is 9.84. The number of rotatable bonds is 11. The van der Waals surface area contributed by atoms with E-state index >= 15 is 0 Å². The molecule has 0 spiro atoms. The van der Waals surface area contributed by atoms with Crippen LogP contribution >= 0.6 is 24.0 Å². The van der Waals surface area contributed by atoms with Crippen LogP contribution in [0.25, 0.3) is 0 Å². The summed E-state index contributed by atoms with van der Waals surface area (Å²) in [5.41, 5.74) is 0.551. The molecule has 0 heterocycles. The van der Waals surface area contributed by atoms with Crippen molar-refractivity contribution in [3.8, 4) is 11.5 Å². The van der Waals surface area contributed by atoms with Crippen molar-refractivity contribution < 1.29 is 18.3 Å². The number of aliphatic imine (C=N–C) groups is 1. The molecule has 2 N–H and O–H groups in total. The molecule has 1 aromatic carbocycles. The molecule has 0 radical (unpaired) electrons. The van der Waals surface area contributed by atoms with Crippen LogP contribution in [0.2, 0.25) is 0 Å².